The van der Waals surface area contributed by atoms with Gasteiger partial charge in [-0.25, -0.2) is 0 Å². The number of carboxylic acids is 1. The van der Waals surface area contributed by atoms with Gasteiger partial charge in [-0.1, -0.05) is 32.6 Å². The van der Waals surface area contributed by atoms with Crippen LogP contribution in [-0.4, -0.2) is 63.8 Å². The molecule has 0 heterocycles. The Morgan fingerprint density at radius 2 is 1.16 bits per heavy atom. The molecule has 0 saturated carbocycles. The molecule has 152 valence electrons. The third kappa shape index (κ3) is 31.5. The van der Waals surface area contributed by atoms with Crippen LogP contribution < -0.4 is 11.5 Å². The van der Waals surface area contributed by atoms with Crippen molar-refractivity contribution in [1.29, 1.82) is 0 Å². The quantitative estimate of drug-likeness (QED) is 0.319. The minimum Gasteiger partial charge on any atom is -0.481 e. The standard InChI is InChI=1S/C10H24N2O3.C8H16O2/c11-3-1-5-13-7-9-15-10-8-14-6-2-4-12;1-2-3-4-5-6-7-8(9)10/h1-12H2;2-7H2,1H3,(H,9,10). The molecule has 0 fully saturated rings. The number of rotatable bonds is 18. The van der Waals surface area contributed by atoms with Gasteiger partial charge in [0.2, 0.25) is 0 Å². The second kappa shape index (κ2) is 25.5. The molecule has 0 bridgehead atoms. The summed E-state index contributed by atoms with van der Waals surface area (Å²) in [6.45, 7) is 7.42. The van der Waals surface area contributed by atoms with E-state index in [9.17, 15) is 4.79 Å². The van der Waals surface area contributed by atoms with E-state index in [-0.39, 0.29) is 0 Å². The molecule has 7 nitrogen and oxygen atoms in total. The highest BCUT2D eigenvalue weighted by molar-refractivity contribution is 5.66. The van der Waals surface area contributed by atoms with Crippen molar-refractivity contribution in [3.8, 4) is 0 Å². The normalized spacial score (nSPS) is 10.4. The van der Waals surface area contributed by atoms with E-state index in [0.717, 1.165) is 25.7 Å². The van der Waals surface area contributed by atoms with Gasteiger partial charge in [0.05, 0.1) is 26.4 Å². The maximum absolute atomic E-state index is 10.0. The summed E-state index contributed by atoms with van der Waals surface area (Å²) in [5.74, 6) is -0.670. The van der Waals surface area contributed by atoms with Crippen LogP contribution in [0.4, 0.5) is 0 Å². The van der Waals surface area contributed by atoms with Crippen LogP contribution in [0.5, 0.6) is 0 Å². The molecule has 0 radical (unpaired) electrons. The predicted octanol–water partition coefficient (Wildman–Crippen LogP) is 2.17. The van der Waals surface area contributed by atoms with Crippen molar-refractivity contribution in [2.75, 3.05) is 52.7 Å². The maximum atomic E-state index is 10.0. The van der Waals surface area contributed by atoms with Gasteiger partial charge in [0.25, 0.3) is 0 Å². The smallest absolute Gasteiger partial charge is 0.303 e. The van der Waals surface area contributed by atoms with Gasteiger partial charge in [0.1, 0.15) is 0 Å². The Bertz CT molecular complexity index is 244. The largest absolute Gasteiger partial charge is 0.481 e. The van der Waals surface area contributed by atoms with Gasteiger partial charge in [0, 0.05) is 19.6 Å². The van der Waals surface area contributed by atoms with Gasteiger partial charge in [-0.3, -0.25) is 4.79 Å². The number of carboxylic acid groups (broad SMARTS) is 1. The lowest BCUT2D eigenvalue weighted by Gasteiger charge is -2.06. The van der Waals surface area contributed by atoms with Crippen molar-refractivity contribution >= 4 is 5.97 Å². The van der Waals surface area contributed by atoms with Crippen molar-refractivity contribution in [1.82, 2.24) is 0 Å². The molecule has 25 heavy (non-hydrogen) atoms. The Morgan fingerprint density at radius 1 is 0.720 bits per heavy atom. The zero-order valence-corrected chi connectivity index (χ0v) is 16.0. The third-order valence-electron chi connectivity index (χ3n) is 3.22. The minimum atomic E-state index is -0.670. The lowest BCUT2D eigenvalue weighted by molar-refractivity contribution is -0.137. The molecule has 0 atom stereocenters. The lowest BCUT2D eigenvalue weighted by atomic mass is 10.1. The average molecular weight is 365 g/mol. The number of aliphatic carboxylic acids is 1. The SMILES string of the molecule is CCCCCCCC(=O)O.NCCCOCCOCCOCCCN. The van der Waals surface area contributed by atoms with Crippen LogP contribution in [0.1, 0.15) is 58.3 Å². The van der Waals surface area contributed by atoms with Gasteiger partial charge in [-0.2, -0.15) is 0 Å². The predicted molar refractivity (Wildman–Crippen MR) is 101 cm³/mol. The summed E-state index contributed by atoms with van der Waals surface area (Å²) in [5.41, 5.74) is 10.6. The molecular weight excluding hydrogens is 324 g/mol. The van der Waals surface area contributed by atoms with E-state index < -0.39 is 5.97 Å². The molecule has 0 saturated heterocycles. The first kappa shape index (κ1) is 26.5. The molecule has 0 aliphatic carbocycles. The van der Waals surface area contributed by atoms with Crippen molar-refractivity contribution < 1.29 is 24.1 Å². The Balaban J connectivity index is 0. The van der Waals surface area contributed by atoms with E-state index in [4.69, 9.17) is 30.8 Å². The molecule has 0 rings (SSSR count). The van der Waals surface area contributed by atoms with Crippen LogP contribution in [0.25, 0.3) is 0 Å². The molecule has 0 spiro atoms. The van der Waals surface area contributed by atoms with Crippen LogP contribution in [0.2, 0.25) is 0 Å². The van der Waals surface area contributed by atoms with Crippen molar-refractivity contribution in [2.45, 2.75) is 58.3 Å². The zero-order chi connectivity index (χ0) is 19.0. The zero-order valence-electron chi connectivity index (χ0n) is 16.0. The van der Waals surface area contributed by atoms with Crippen LogP contribution >= 0.6 is 0 Å². The van der Waals surface area contributed by atoms with E-state index in [1.54, 1.807) is 0 Å². The first-order valence-electron chi connectivity index (χ1n) is 9.54. The monoisotopic (exact) mass is 364 g/mol. The van der Waals surface area contributed by atoms with Crippen LogP contribution in [0.15, 0.2) is 0 Å². The fourth-order valence-electron chi connectivity index (χ4n) is 1.79. The van der Waals surface area contributed by atoms with E-state index >= 15 is 0 Å². The molecule has 0 amide bonds. The number of hydrogen-bond acceptors (Lipinski definition) is 6. The topological polar surface area (TPSA) is 117 Å². The van der Waals surface area contributed by atoms with Gasteiger partial charge >= 0.3 is 5.97 Å². The van der Waals surface area contributed by atoms with Crippen LogP contribution in [0, 0.1) is 0 Å². The van der Waals surface area contributed by atoms with Gasteiger partial charge < -0.3 is 30.8 Å². The Kier molecular flexibility index (Phi) is 27.0. The number of carbonyl (C=O) groups is 1. The second-order valence-electron chi connectivity index (χ2n) is 5.68. The molecule has 0 aromatic carbocycles. The summed E-state index contributed by atoms with van der Waals surface area (Å²) in [6, 6.07) is 0. The molecule has 7 heteroatoms. The molecule has 0 unspecified atom stereocenters. The first-order valence-corrected chi connectivity index (χ1v) is 9.54. The van der Waals surface area contributed by atoms with Gasteiger partial charge in [0.15, 0.2) is 0 Å². The van der Waals surface area contributed by atoms with Gasteiger partial charge in [-0.15, -0.1) is 0 Å². The third-order valence-corrected chi connectivity index (χ3v) is 3.22. The molecule has 0 aromatic heterocycles. The number of hydrogen-bond donors (Lipinski definition) is 3. The highest BCUT2D eigenvalue weighted by Gasteiger charge is 1.94. The van der Waals surface area contributed by atoms with E-state index in [1.165, 1.54) is 19.3 Å². The summed E-state index contributed by atoms with van der Waals surface area (Å²) in [4.78, 5) is 10.0. The van der Waals surface area contributed by atoms with Crippen molar-refractivity contribution in [3.05, 3.63) is 0 Å². The van der Waals surface area contributed by atoms with Gasteiger partial charge in [-0.05, 0) is 32.4 Å². The Labute approximate surface area is 153 Å². The first-order chi connectivity index (χ1) is 12.2. The fourth-order valence-corrected chi connectivity index (χ4v) is 1.79. The number of ether oxygens (including phenoxy) is 3. The minimum absolute atomic E-state index is 0.337. The van der Waals surface area contributed by atoms with E-state index in [2.05, 4.69) is 6.92 Å². The molecule has 5 N–H and O–H groups in total. The highest BCUT2D eigenvalue weighted by atomic mass is 16.5. The average Bonchev–Trinajstić information content (AvgIpc) is 2.60. The van der Waals surface area contributed by atoms with Crippen molar-refractivity contribution in [3.63, 3.8) is 0 Å². The number of unbranched alkanes of at least 4 members (excludes halogenated alkanes) is 4. The summed E-state index contributed by atoms with van der Waals surface area (Å²) >= 11 is 0. The summed E-state index contributed by atoms with van der Waals surface area (Å²) < 4.78 is 15.8. The fraction of sp³-hybridized carbons (Fsp3) is 0.944. The molecule has 0 aromatic rings. The summed E-state index contributed by atoms with van der Waals surface area (Å²) in [6.07, 6.45) is 7.69. The second-order valence-corrected chi connectivity index (χ2v) is 5.68. The van der Waals surface area contributed by atoms with Crippen LogP contribution in [-0.2, 0) is 19.0 Å². The van der Waals surface area contributed by atoms with E-state index in [0.29, 0.717) is 59.2 Å². The maximum Gasteiger partial charge on any atom is 0.303 e. The Morgan fingerprint density at radius 3 is 1.56 bits per heavy atom. The lowest BCUT2D eigenvalue weighted by Crippen LogP contribution is -2.12. The molecule has 0 aliphatic heterocycles. The molecule has 0 aliphatic rings. The highest BCUT2D eigenvalue weighted by Crippen LogP contribution is 2.04. The van der Waals surface area contributed by atoms with E-state index in [1.807, 2.05) is 0 Å². The Hall–Kier alpha value is -0.730. The summed E-state index contributed by atoms with van der Waals surface area (Å²) in [5, 5.41) is 8.27. The number of nitrogens with two attached hydrogens (primary N) is 2. The molecular formula is C18H40N2O5. The summed E-state index contributed by atoms with van der Waals surface area (Å²) in [7, 11) is 0. The van der Waals surface area contributed by atoms with Crippen LogP contribution in [0.3, 0.4) is 0 Å². The van der Waals surface area contributed by atoms with Crippen molar-refractivity contribution in [2.24, 2.45) is 11.5 Å².